The molecule has 6 rings (SSSR count). The van der Waals surface area contributed by atoms with Crippen LogP contribution in [0.1, 0.15) is 72.2 Å². The van der Waals surface area contributed by atoms with Gasteiger partial charge in [-0.05, 0) is 144 Å². The zero-order chi connectivity index (χ0) is 29.4. The first-order valence-corrected chi connectivity index (χ1v) is 16.1. The summed E-state index contributed by atoms with van der Waals surface area (Å²) in [6.07, 6.45) is 0. The van der Waals surface area contributed by atoms with Gasteiger partial charge in [-0.25, -0.2) is 0 Å². The first kappa shape index (κ1) is 31.5. The van der Waals surface area contributed by atoms with E-state index in [2.05, 4.69) is 128 Å². The Morgan fingerprint density at radius 1 is 0.476 bits per heavy atom. The molecule has 0 heterocycles. The molecule has 0 bridgehead atoms. The molecule has 0 amide bonds. The molecule has 2 aliphatic carbocycles. The van der Waals surface area contributed by atoms with Gasteiger partial charge in [-0.2, -0.15) is 0 Å². The molecular formula is C38H36Cl2SiZr. The second-order valence-corrected chi connectivity index (χ2v) is 15.4. The Morgan fingerprint density at radius 3 is 1.19 bits per heavy atom. The van der Waals surface area contributed by atoms with Crippen molar-refractivity contribution in [3.63, 3.8) is 0 Å². The van der Waals surface area contributed by atoms with Crippen molar-refractivity contribution in [2.24, 2.45) is 0 Å². The third kappa shape index (κ3) is 4.47. The van der Waals surface area contributed by atoms with Crippen LogP contribution in [0.25, 0.3) is 33.4 Å². The number of allylic oxidation sites excluding steroid dienone is 4. The molecule has 0 aliphatic heterocycles. The van der Waals surface area contributed by atoms with Crippen LogP contribution in [-0.2, 0) is 35.2 Å². The minimum Gasteiger partial charge on any atom is -0.114 e. The number of benzene rings is 4. The number of halogens is 2. The summed E-state index contributed by atoms with van der Waals surface area (Å²) < 4.78 is -1.37. The van der Waals surface area contributed by atoms with Crippen LogP contribution < -0.4 is 0 Å². The Balaban J connectivity index is 0.00000353. The summed E-state index contributed by atoms with van der Waals surface area (Å²) >= 11 is 15.8. The average molecular weight is 683 g/mol. The van der Waals surface area contributed by atoms with Crippen LogP contribution in [0.2, 0.25) is 0 Å². The third-order valence-electron chi connectivity index (χ3n) is 9.91. The molecule has 2 unspecified atom stereocenters. The predicted molar refractivity (Wildman–Crippen MR) is 180 cm³/mol. The Labute approximate surface area is 283 Å². The monoisotopic (exact) mass is 680 g/mol. The summed E-state index contributed by atoms with van der Waals surface area (Å²) in [5.41, 5.74) is 20.1. The van der Waals surface area contributed by atoms with Gasteiger partial charge in [-0.1, -0.05) is 72.8 Å². The van der Waals surface area contributed by atoms with Crippen LogP contribution in [0.4, 0.5) is 0 Å². The maximum Gasteiger partial charge on any atom is 0.118 e. The molecule has 4 heteroatoms. The van der Waals surface area contributed by atoms with E-state index in [0.717, 1.165) is 0 Å². The van der Waals surface area contributed by atoms with E-state index in [4.69, 9.17) is 23.2 Å². The molecule has 0 N–H and O–H groups in total. The van der Waals surface area contributed by atoms with Gasteiger partial charge in [0, 0.05) is 26.2 Å². The van der Waals surface area contributed by atoms with Crippen molar-refractivity contribution >= 4 is 43.9 Å². The summed E-state index contributed by atoms with van der Waals surface area (Å²) in [6.45, 7) is 17.7. The number of rotatable bonds is 4. The van der Waals surface area contributed by atoms with Crippen LogP contribution in [0.15, 0.2) is 83.9 Å². The van der Waals surface area contributed by atoms with Gasteiger partial charge >= 0.3 is 0 Å². The predicted octanol–water partition coefficient (Wildman–Crippen LogP) is 11.1. The first-order valence-electron chi connectivity index (χ1n) is 14.4. The van der Waals surface area contributed by atoms with E-state index < -0.39 is 8.99 Å². The standard InChI is InChI=1S/C38H36Cl2Si.Zr/c1-21-13-9-15-29(23(21)3)31-17-11-19-33-35(31)25(5)27(7)37(33,39)41-38(40)28(8)26(6)36-32(18-12-20-34(36)38)30-16-10-14-22(2)24(30)4;/h9-20H,1-8H3;. The summed E-state index contributed by atoms with van der Waals surface area (Å²) in [7, 11) is 0.225. The molecule has 0 aromatic heterocycles. The molecule has 0 saturated heterocycles. The van der Waals surface area contributed by atoms with Gasteiger partial charge in [-0.15, -0.1) is 23.2 Å². The van der Waals surface area contributed by atoms with Crippen molar-refractivity contribution in [2.45, 2.75) is 64.4 Å². The second-order valence-electron chi connectivity index (χ2n) is 11.9. The normalized spacial score (nSPS) is 21.0. The van der Waals surface area contributed by atoms with Crippen LogP contribution >= 0.6 is 23.2 Å². The van der Waals surface area contributed by atoms with Crippen LogP contribution in [0.3, 0.4) is 0 Å². The molecular weight excluding hydrogens is 647 g/mol. The van der Waals surface area contributed by atoms with Gasteiger partial charge in [0.25, 0.3) is 0 Å². The minimum absolute atomic E-state index is 0. The molecule has 42 heavy (non-hydrogen) atoms. The number of hydrogen-bond acceptors (Lipinski definition) is 0. The largest absolute Gasteiger partial charge is 0.118 e. The van der Waals surface area contributed by atoms with Crippen LogP contribution in [0, 0.1) is 27.7 Å². The molecule has 2 aliphatic rings. The molecule has 0 saturated carbocycles. The molecule has 0 spiro atoms. The van der Waals surface area contributed by atoms with Gasteiger partial charge in [0.15, 0.2) is 0 Å². The van der Waals surface area contributed by atoms with Crippen molar-refractivity contribution in [2.75, 3.05) is 0 Å². The van der Waals surface area contributed by atoms with E-state index in [9.17, 15) is 0 Å². The molecule has 0 nitrogen and oxygen atoms in total. The minimum atomic E-state index is -0.687. The molecule has 2 radical (unpaired) electrons. The third-order valence-corrected chi connectivity index (χ3v) is 13.4. The van der Waals surface area contributed by atoms with Gasteiger partial charge in [0.2, 0.25) is 0 Å². The summed E-state index contributed by atoms with van der Waals surface area (Å²) in [6, 6.07) is 26.4. The maximum absolute atomic E-state index is 7.88. The van der Waals surface area contributed by atoms with E-state index in [1.165, 1.54) is 89.1 Å². The Morgan fingerprint density at radius 2 is 0.810 bits per heavy atom. The fraction of sp³-hybridized carbons (Fsp3) is 0.263. The number of alkyl halides is 2. The first-order chi connectivity index (χ1) is 19.4. The van der Waals surface area contributed by atoms with Crippen molar-refractivity contribution < 1.29 is 26.2 Å². The van der Waals surface area contributed by atoms with Gasteiger partial charge < -0.3 is 0 Å². The van der Waals surface area contributed by atoms with Gasteiger partial charge in [-0.3, -0.25) is 0 Å². The van der Waals surface area contributed by atoms with Crippen molar-refractivity contribution in [1.82, 2.24) is 0 Å². The number of hydrogen-bond donors (Lipinski definition) is 0. The van der Waals surface area contributed by atoms with Crippen molar-refractivity contribution in [1.29, 1.82) is 0 Å². The van der Waals surface area contributed by atoms with E-state index in [0.29, 0.717) is 0 Å². The summed E-state index contributed by atoms with van der Waals surface area (Å²) in [5.74, 6) is 0. The summed E-state index contributed by atoms with van der Waals surface area (Å²) in [5, 5.41) is 0. The van der Waals surface area contributed by atoms with E-state index >= 15 is 0 Å². The molecule has 2 atom stereocenters. The molecule has 4 aromatic rings. The quantitative estimate of drug-likeness (QED) is 0.148. The molecule has 4 aromatic carbocycles. The fourth-order valence-electron chi connectivity index (χ4n) is 6.88. The Hall–Kier alpha value is -1.96. The van der Waals surface area contributed by atoms with E-state index in [1.807, 2.05) is 0 Å². The maximum atomic E-state index is 7.88. The second kappa shape index (κ2) is 11.2. The molecule has 0 fully saturated rings. The SMILES string of the molecule is CC1=C(C)C(Cl)([Si]C2(Cl)C(C)=C(C)c3c(-c4cccc(C)c4C)cccc32)c2cccc(-c3cccc(C)c3C)c21.[Zr]. The number of aryl methyl sites for hydroxylation is 2. The smallest absolute Gasteiger partial charge is 0.114 e. The van der Waals surface area contributed by atoms with E-state index in [-0.39, 0.29) is 35.7 Å². The van der Waals surface area contributed by atoms with Crippen molar-refractivity contribution in [3.05, 3.63) is 128 Å². The van der Waals surface area contributed by atoms with Gasteiger partial charge in [0.05, 0.1) is 8.99 Å². The summed E-state index contributed by atoms with van der Waals surface area (Å²) in [4.78, 5) is 0. The Bertz CT molecular complexity index is 1700. The fourth-order valence-corrected chi connectivity index (χ4v) is 10.4. The molecule has 210 valence electrons. The van der Waals surface area contributed by atoms with Gasteiger partial charge in [0.1, 0.15) is 9.52 Å². The van der Waals surface area contributed by atoms with E-state index in [1.54, 1.807) is 0 Å². The number of fused-ring (bicyclic) bond motifs is 2. The van der Waals surface area contributed by atoms with Crippen LogP contribution in [0.5, 0.6) is 0 Å². The zero-order valence-corrected chi connectivity index (χ0v) is 30.7. The topological polar surface area (TPSA) is 0 Å². The van der Waals surface area contributed by atoms with Crippen LogP contribution in [-0.4, -0.2) is 9.52 Å². The average Bonchev–Trinajstić information content (AvgIpc) is 3.27. The zero-order valence-electron chi connectivity index (χ0n) is 25.7. The van der Waals surface area contributed by atoms with Crippen molar-refractivity contribution in [3.8, 4) is 22.3 Å². The Kier molecular flexibility index (Phi) is 8.39.